The molecule has 1 aromatic heterocycles. The van der Waals surface area contributed by atoms with E-state index in [1.807, 2.05) is 0 Å². The van der Waals surface area contributed by atoms with Crippen molar-refractivity contribution in [2.45, 2.75) is 0 Å². The Kier molecular flexibility index (Phi) is 3.51. The van der Waals surface area contributed by atoms with Crippen molar-refractivity contribution in [3.05, 3.63) is 29.9 Å². The zero-order chi connectivity index (χ0) is 14.0. The molecule has 1 N–H and O–H groups in total. The second-order valence-corrected chi connectivity index (χ2v) is 3.68. The molecule has 2 aromatic rings. The molecular weight excluding hydrogens is 247 g/mol. The summed E-state index contributed by atoms with van der Waals surface area (Å²) in [6.45, 7) is 0. The highest BCUT2D eigenvalue weighted by molar-refractivity contribution is 6.22. The van der Waals surface area contributed by atoms with Crippen LogP contribution in [0, 0.1) is 0 Å². The van der Waals surface area contributed by atoms with Gasteiger partial charge in [-0.2, -0.15) is 0 Å². The molecule has 1 aromatic carbocycles. The van der Waals surface area contributed by atoms with Gasteiger partial charge in [0, 0.05) is 0 Å². The summed E-state index contributed by atoms with van der Waals surface area (Å²) >= 11 is 0. The Morgan fingerprint density at radius 2 is 2.05 bits per heavy atom. The van der Waals surface area contributed by atoms with Gasteiger partial charge in [-0.3, -0.25) is 4.79 Å². The summed E-state index contributed by atoms with van der Waals surface area (Å²) in [5, 5.41) is 10.7. The van der Waals surface area contributed by atoms with Crippen molar-refractivity contribution in [3.63, 3.8) is 0 Å². The van der Waals surface area contributed by atoms with Crippen molar-refractivity contribution in [1.29, 1.82) is 0 Å². The monoisotopic (exact) mass is 258 g/mol. The van der Waals surface area contributed by atoms with Gasteiger partial charge in [0.25, 0.3) is 0 Å². The number of hydrogen-bond acceptors (Lipinski definition) is 5. The van der Waals surface area contributed by atoms with Crippen LogP contribution in [0.1, 0.15) is 10.4 Å². The lowest BCUT2D eigenvalue weighted by atomic mass is 10.0. The third kappa shape index (κ3) is 1.95. The van der Waals surface area contributed by atoms with Crippen LogP contribution >= 0.6 is 0 Å². The van der Waals surface area contributed by atoms with Crippen molar-refractivity contribution >= 4 is 24.6 Å². The number of hydrogen-bond donors (Lipinski definition) is 1. The SMILES string of the molecule is [B]/C=C/C(=O)c1c(O)c(OC)c2occc2c1OC. The number of phenols is 1. The van der Waals surface area contributed by atoms with E-state index in [1.165, 1.54) is 20.5 Å². The van der Waals surface area contributed by atoms with Crippen LogP contribution in [-0.4, -0.2) is 33.0 Å². The normalized spacial score (nSPS) is 11.1. The molecule has 2 radical (unpaired) electrons. The molecule has 96 valence electrons. The van der Waals surface area contributed by atoms with E-state index in [2.05, 4.69) is 0 Å². The van der Waals surface area contributed by atoms with Gasteiger partial charge in [-0.1, -0.05) is 0 Å². The van der Waals surface area contributed by atoms with E-state index in [-0.39, 0.29) is 22.8 Å². The maximum absolute atomic E-state index is 12.0. The molecule has 1 heterocycles. The first-order chi connectivity index (χ1) is 9.15. The van der Waals surface area contributed by atoms with E-state index in [1.54, 1.807) is 6.07 Å². The number of fused-ring (bicyclic) bond motifs is 1. The molecule has 0 aliphatic heterocycles. The first-order valence-electron chi connectivity index (χ1n) is 5.42. The molecule has 0 atom stereocenters. The Morgan fingerprint density at radius 3 is 2.63 bits per heavy atom. The van der Waals surface area contributed by atoms with Crippen LogP contribution < -0.4 is 9.47 Å². The van der Waals surface area contributed by atoms with Crippen LogP contribution in [-0.2, 0) is 0 Å². The molecule has 0 unspecified atom stereocenters. The zero-order valence-electron chi connectivity index (χ0n) is 10.5. The summed E-state index contributed by atoms with van der Waals surface area (Å²) in [7, 11) is 7.97. The van der Waals surface area contributed by atoms with Crippen molar-refractivity contribution < 1.29 is 23.8 Å². The van der Waals surface area contributed by atoms with Gasteiger partial charge in [0.05, 0.1) is 25.9 Å². The maximum atomic E-state index is 12.0. The molecule has 0 fully saturated rings. The van der Waals surface area contributed by atoms with Gasteiger partial charge < -0.3 is 19.0 Å². The van der Waals surface area contributed by atoms with Crippen molar-refractivity contribution in [2.75, 3.05) is 14.2 Å². The molecule has 2 rings (SSSR count). The van der Waals surface area contributed by atoms with E-state index in [0.29, 0.717) is 11.0 Å². The largest absolute Gasteiger partial charge is 0.504 e. The predicted molar refractivity (Wildman–Crippen MR) is 70.2 cm³/mol. The number of carbonyl (C=O) groups excluding carboxylic acids is 1. The lowest BCUT2D eigenvalue weighted by Crippen LogP contribution is -2.02. The molecule has 19 heavy (non-hydrogen) atoms. The van der Waals surface area contributed by atoms with Gasteiger partial charge in [0.2, 0.25) is 5.75 Å². The second-order valence-electron chi connectivity index (χ2n) is 3.68. The van der Waals surface area contributed by atoms with Gasteiger partial charge in [0.1, 0.15) is 19.2 Å². The van der Waals surface area contributed by atoms with E-state index in [9.17, 15) is 9.90 Å². The van der Waals surface area contributed by atoms with E-state index < -0.39 is 5.78 Å². The number of ketones is 1. The van der Waals surface area contributed by atoms with Crippen LogP contribution in [0.5, 0.6) is 17.2 Å². The summed E-state index contributed by atoms with van der Waals surface area (Å²) < 4.78 is 15.5. The number of benzene rings is 1. The van der Waals surface area contributed by atoms with Crippen LogP contribution in [0.15, 0.2) is 28.8 Å². The fourth-order valence-electron chi connectivity index (χ4n) is 1.93. The first kappa shape index (κ1) is 13.1. The summed E-state index contributed by atoms with van der Waals surface area (Å²) in [4.78, 5) is 12.0. The molecule has 0 aliphatic rings. The number of methoxy groups -OCH3 is 2. The highest BCUT2D eigenvalue weighted by Gasteiger charge is 2.25. The Morgan fingerprint density at radius 1 is 1.37 bits per heavy atom. The number of aromatic hydroxyl groups is 1. The predicted octanol–water partition coefficient (Wildman–Crippen LogP) is 2.02. The molecule has 6 heteroatoms. The van der Waals surface area contributed by atoms with Crippen molar-refractivity contribution in [2.24, 2.45) is 0 Å². The van der Waals surface area contributed by atoms with E-state index in [0.717, 1.165) is 12.1 Å². The van der Waals surface area contributed by atoms with E-state index >= 15 is 0 Å². The van der Waals surface area contributed by atoms with Crippen LogP contribution in [0.3, 0.4) is 0 Å². The maximum Gasteiger partial charge on any atom is 0.205 e. The number of allylic oxidation sites excluding steroid dienone is 1. The molecule has 0 saturated heterocycles. The van der Waals surface area contributed by atoms with Crippen LogP contribution in [0.25, 0.3) is 11.0 Å². The summed E-state index contributed by atoms with van der Waals surface area (Å²) in [6.07, 6.45) is 2.55. The highest BCUT2D eigenvalue weighted by Crippen LogP contribution is 2.45. The van der Waals surface area contributed by atoms with E-state index in [4.69, 9.17) is 21.7 Å². The van der Waals surface area contributed by atoms with Gasteiger partial charge in [0.15, 0.2) is 17.1 Å². The molecule has 0 spiro atoms. The third-order valence-electron chi connectivity index (χ3n) is 2.70. The number of rotatable bonds is 4. The Labute approximate surface area is 110 Å². The Hall–Kier alpha value is -2.37. The van der Waals surface area contributed by atoms with Gasteiger partial charge >= 0.3 is 0 Å². The minimum absolute atomic E-state index is 0.0186. The number of phenolic OH excluding ortho intramolecular Hbond substituents is 1. The van der Waals surface area contributed by atoms with Gasteiger partial charge in [-0.05, 0) is 12.1 Å². The first-order valence-corrected chi connectivity index (χ1v) is 5.42. The summed E-state index contributed by atoms with van der Waals surface area (Å²) in [5.41, 5.74) is 0.292. The summed E-state index contributed by atoms with van der Waals surface area (Å²) in [5.74, 6) is 0.552. The quantitative estimate of drug-likeness (QED) is 0.516. The molecule has 0 aliphatic carbocycles. The molecule has 0 bridgehead atoms. The minimum atomic E-state index is -0.488. The smallest absolute Gasteiger partial charge is 0.205 e. The summed E-state index contributed by atoms with van der Waals surface area (Å²) in [6, 6.07) is 1.62. The standard InChI is InChI=1S/C13H11BO5/c1-17-11-7-4-6-19-12(7)13(18-2)10(16)9(11)8(15)3-5-14/h3-6,16H,1-2H3/b5-3+. The Balaban J connectivity index is 2.87. The van der Waals surface area contributed by atoms with Crippen LogP contribution in [0.4, 0.5) is 0 Å². The minimum Gasteiger partial charge on any atom is -0.504 e. The lowest BCUT2D eigenvalue weighted by molar-refractivity contribution is 0.104. The third-order valence-corrected chi connectivity index (χ3v) is 2.70. The molecule has 5 nitrogen and oxygen atoms in total. The highest BCUT2D eigenvalue weighted by atomic mass is 16.5. The fraction of sp³-hybridized carbons (Fsp3) is 0.154. The average Bonchev–Trinajstić information content (AvgIpc) is 2.86. The molecule has 0 amide bonds. The number of carbonyl (C=O) groups is 1. The number of furan rings is 1. The zero-order valence-corrected chi connectivity index (χ0v) is 10.5. The van der Waals surface area contributed by atoms with Gasteiger partial charge in [-0.15, -0.1) is 5.98 Å². The lowest BCUT2D eigenvalue weighted by Gasteiger charge is -2.12. The van der Waals surface area contributed by atoms with Gasteiger partial charge in [-0.25, -0.2) is 0 Å². The Bertz CT molecular complexity index is 657. The van der Waals surface area contributed by atoms with Crippen molar-refractivity contribution in [3.8, 4) is 17.2 Å². The fourth-order valence-corrected chi connectivity index (χ4v) is 1.93. The topological polar surface area (TPSA) is 68.9 Å². The van der Waals surface area contributed by atoms with Crippen LogP contribution in [0.2, 0.25) is 0 Å². The molecule has 0 saturated carbocycles. The van der Waals surface area contributed by atoms with Crippen molar-refractivity contribution in [1.82, 2.24) is 0 Å². The number of ether oxygens (including phenoxy) is 2. The average molecular weight is 258 g/mol. The molecular formula is C13H11BO5. The second kappa shape index (κ2) is 5.10.